The quantitative estimate of drug-likeness (QED) is 0.902. The largest absolute Gasteiger partial charge is 0.310 e. The Morgan fingerprint density at radius 3 is 2.25 bits per heavy atom. The van der Waals surface area contributed by atoms with Crippen LogP contribution in [0.15, 0.2) is 24.3 Å². The highest BCUT2D eigenvalue weighted by molar-refractivity contribution is 5.26. The Morgan fingerprint density at radius 2 is 1.70 bits per heavy atom. The Balaban J connectivity index is 1.82. The molecule has 0 spiro atoms. The highest BCUT2D eigenvalue weighted by Gasteiger charge is 2.26. The molecule has 2 nitrogen and oxygen atoms in total. The number of aryl methyl sites for hydroxylation is 1. The molecule has 2 heteroatoms. The topological polar surface area (TPSA) is 15.3 Å². The first-order chi connectivity index (χ1) is 9.50. The minimum absolute atomic E-state index is 0.319. The Morgan fingerprint density at radius 1 is 1.10 bits per heavy atom. The van der Waals surface area contributed by atoms with Crippen LogP contribution in [0, 0.1) is 0 Å². The van der Waals surface area contributed by atoms with E-state index in [0.29, 0.717) is 11.6 Å². The van der Waals surface area contributed by atoms with Crippen LogP contribution in [-0.2, 0) is 13.0 Å². The van der Waals surface area contributed by atoms with Crippen LogP contribution in [0.25, 0.3) is 0 Å². The van der Waals surface area contributed by atoms with Gasteiger partial charge in [0.25, 0.3) is 0 Å². The van der Waals surface area contributed by atoms with Gasteiger partial charge >= 0.3 is 0 Å². The van der Waals surface area contributed by atoms with Gasteiger partial charge in [-0.25, -0.2) is 0 Å². The van der Waals surface area contributed by atoms with Gasteiger partial charge in [-0.05, 0) is 51.2 Å². The summed E-state index contributed by atoms with van der Waals surface area (Å²) in [6.07, 6.45) is 3.66. The molecule has 1 aromatic carbocycles. The van der Waals surface area contributed by atoms with Crippen LogP contribution in [0.5, 0.6) is 0 Å². The average molecular weight is 274 g/mol. The number of nitrogens with zero attached hydrogens (tertiary/aromatic N) is 1. The smallest absolute Gasteiger partial charge is 0.0210 e. The van der Waals surface area contributed by atoms with E-state index in [2.05, 4.69) is 62.2 Å². The van der Waals surface area contributed by atoms with Crippen molar-refractivity contribution in [1.82, 2.24) is 10.2 Å². The Kier molecular flexibility index (Phi) is 5.22. The Labute approximate surface area is 124 Å². The molecule has 0 radical (unpaired) electrons. The summed E-state index contributed by atoms with van der Waals surface area (Å²) in [4.78, 5) is 2.60. The summed E-state index contributed by atoms with van der Waals surface area (Å²) in [5.74, 6) is 0. The molecule has 1 saturated heterocycles. The lowest BCUT2D eigenvalue weighted by atomic mass is 9.97. The van der Waals surface area contributed by atoms with Crippen molar-refractivity contribution in [3.05, 3.63) is 35.4 Å². The van der Waals surface area contributed by atoms with Gasteiger partial charge in [0, 0.05) is 31.2 Å². The van der Waals surface area contributed by atoms with Gasteiger partial charge in [-0.3, -0.25) is 4.90 Å². The zero-order chi connectivity index (χ0) is 14.6. The number of benzene rings is 1. The molecule has 2 rings (SSSR count). The van der Waals surface area contributed by atoms with Gasteiger partial charge in [-0.2, -0.15) is 0 Å². The van der Waals surface area contributed by atoms with Crippen molar-refractivity contribution in [3.8, 4) is 0 Å². The lowest BCUT2D eigenvalue weighted by Gasteiger charge is -2.41. The molecule has 1 heterocycles. The van der Waals surface area contributed by atoms with Gasteiger partial charge in [0.2, 0.25) is 0 Å². The molecule has 0 unspecified atom stereocenters. The van der Waals surface area contributed by atoms with Crippen LogP contribution in [-0.4, -0.2) is 29.6 Å². The van der Waals surface area contributed by atoms with E-state index in [1.807, 2.05) is 0 Å². The monoisotopic (exact) mass is 274 g/mol. The van der Waals surface area contributed by atoms with E-state index < -0.39 is 0 Å². The summed E-state index contributed by atoms with van der Waals surface area (Å²) in [6, 6.07) is 9.48. The normalized spacial score (nSPS) is 18.4. The standard InChI is InChI=1S/C18H30N2/c1-5-15-8-6-7-9-16(15)14-19-17-10-12-20(13-11-17)18(2,3)4/h6-9,17,19H,5,10-14H2,1-4H3. The maximum absolute atomic E-state index is 3.76. The average Bonchev–Trinajstić information content (AvgIpc) is 2.45. The molecule has 1 N–H and O–H groups in total. The van der Waals surface area contributed by atoms with Gasteiger partial charge in [0.05, 0.1) is 0 Å². The summed E-state index contributed by atoms with van der Waals surface area (Å²) in [6.45, 7) is 12.6. The van der Waals surface area contributed by atoms with Gasteiger partial charge < -0.3 is 5.32 Å². The van der Waals surface area contributed by atoms with E-state index in [1.54, 1.807) is 0 Å². The number of likely N-dealkylation sites (tertiary alicyclic amines) is 1. The van der Waals surface area contributed by atoms with E-state index in [-0.39, 0.29) is 0 Å². The third-order valence-corrected chi connectivity index (χ3v) is 4.52. The van der Waals surface area contributed by atoms with Crippen LogP contribution in [0.3, 0.4) is 0 Å². The van der Waals surface area contributed by atoms with Crippen molar-refractivity contribution in [2.24, 2.45) is 0 Å². The van der Waals surface area contributed by atoms with Crippen LogP contribution in [0.1, 0.15) is 51.7 Å². The van der Waals surface area contributed by atoms with Crippen molar-refractivity contribution in [1.29, 1.82) is 0 Å². The minimum atomic E-state index is 0.319. The SMILES string of the molecule is CCc1ccccc1CNC1CCN(C(C)(C)C)CC1. The molecule has 0 aromatic heterocycles. The molecule has 1 aliphatic heterocycles. The summed E-state index contributed by atoms with van der Waals surface area (Å²) in [5, 5.41) is 3.76. The first kappa shape index (κ1) is 15.5. The third-order valence-electron chi connectivity index (χ3n) is 4.52. The number of rotatable bonds is 4. The summed E-state index contributed by atoms with van der Waals surface area (Å²) in [5.41, 5.74) is 3.26. The van der Waals surface area contributed by atoms with Crippen LogP contribution < -0.4 is 5.32 Å². The van der Waals surface area contributed by atoms with Gasteiger partial charge in [-0.15, -0.1) is 0 Å². The van der Waals surface area contributed by atoms with Crippen LogP contribution in [0.2, 0.25) is 0 Å². The van der Waals surface area contributed by atoms with Crippen LogP contribution in [0.4, 0.5) is 0 Å². The number of hydrogen-bond acceptors (Lipinski definition) is 2. The second kappa shape index (κ2) is 6.73. The van der Waals surface area contributed by atoms with Crippen molar-refractivity contribution >= 4 is 0 Å². The molecule has 1 aliphatic rings. The zero-order valence-electron chi connectivity index (χ0n) is 13.6. The predicted molar refractivity (Wildman–Crippen MR) is 87.0 cm³/mol. The van der Waals surface area contributed by atoms with Gasteiger partial charge in [0.1, 0.15) is 0 Å². The lowest BCUT2D eigenvalue weighted by Crippen LogP contribution is -2.49. The molecule has 0 bridgehead atoms. The van der Waals surface area contributed by atoms with E-state index in [9.17, 15) is 0 Å². The maximum atomic E-state index is 3.76. The highest BCUT2D eigenvalue weighted by atomic mass is 15.2. The molecule has 0 amide bonds. The third kappa shape index (κ3) is 4.07. The Bertz CT molecular complexity index is 412. The molecule has 1 fully saturated rings. The molecule has 0 aliphatic carbocycles. The summed E-state index contributed by atoms with van der Waals surface area (Å²) in [7, 11) is 0. The second-order valence-electron chi connectivity index (χ2n) is 6.94. The number of piperidine rings is 1. The number of nitrogens with one attached hydrogen (secondary N) is 1. The fourth-order valence-corrected chi connectivity index (χ4v) is 3.08. The molecule has 0 saturated carbocycles. The van der Waals surface area contributed by atoms with Crippen molar-refractivity contribution in [2.75, 3.05) is 13.1 Å². The molecule has 20 heavy (non-hydrogen) atoms. The molecule has 0 atom stereocenters. The molecular weight excluding hydrogens is 244 g/mol. The van der Waals surface area contributed by atoms with Crippen molar-refractivity contribution in [3.63, 3.8) is 0 Å². The second-order valence-corrected chi connectivity index (χ2v) is 6.94. The summed E-state index contributed by atoms with van der Waals surface area (Å²) < 4.78 is 0. The van der Waals surface area contributed by atoms with E-state index in [4.69, 9.17) is 0 Å². The lowest BCUT2D eigenvalue weighted by molar-refractivity contribution is 0.0960. The number of hydrogen-bond donors (Lipinski definition) is 1. The van der Waals surface area contributed by atoms with Gasteiger partial charge in [-0.1, -0.05) is 31.2 Å². The molecule has 1 aromatic rings. The minimum Gasteiger partial charge on any atom is -0.310 e. The predicted octanol–water partition coefficient (Wildman–Crippen LogP) is 3.60. The zero-order valence-corrected chi connectivity index (χ0v) is 13.6. The maximum Gasteiger partial charge on any atom is 0.0210 e. The van der Waals surface area contributed by atoms with E-state index in [0.717, 1.165) is 13.0 Å². The first-order valence-electron chi connectivity index (χ1n) is 8.06. The van der Waals surface area contributed by atoms with Gasteiger partial charge in [0.15, 0.2) is 0 Å². The molecular formula is C18H30N2. The summed E-state index contributed by atoms with van der Waals surface area (Å²) >= 11 is 0. The fourth-order valence-electron chi connectivity index (χ4n) is 3.08. The fraction of sp³-hybridized carbons (Fsp3) is 0.667. The van der Waals surface area contributed by atoms with E-state index in [1.165, 1.54) is 37.1 Å². The highest BCUT2D eigenvalue weighted by Crippen LogP contribution is 2.20. The van der Waals surface area contributed by atoms with Crippen molar-refractivity contribution < 1.29 is 0 Å². The Hall–Kier alpha value is -0.860. The molecule has 112 valence electrons. The van der Waals surface area contributed by atoms with Crippen molar-refractivity contribution in [2.45, 2.75) is 65.1 Å². The van der Waals surface area contributed by atoms with E-state index >= 15 is 0 Å². The first-order valence-corrected chi connectivity index (χ1v) is 8.06. The van der Waals surface area contributed by atoms with Crippen LogP contribution >= 0.6 is 0 Å².